The van der Waals surface area contributed by atoms with Crippen LogP contribution in [0.1, 0.15) is 36.8 Å². The maximum Gasteiger partial charge on any atom is 0.217 e. The van der Waals surface area contributed by atoms with Gasteiger partial charge in [0.2, 0.25) is 10.0 Å². The molecule has 23 heavy (non-hydrogen) atoms. The third-order valence-electron chi connectivity index (χ3n) is 4.80. The summed E-state index contributed by atoms with van der Waals surface area (Å²) in [5.74, 6) is 0. The highest BCUT2D eigenvalue weighted by Crippen LogP contribution is 2.32. The first-order valence-corrected chi connectivity index (χ1v) is 9.69. The van der Waals surface area contributed by atoms with Gasteiger partial charge in [-0.15, -0.1) is 0 Å². The summed E-state index contributed by atoms with van der Waals surface area (Å²) in [5, 5.41) is 8.85. The van der Waals surface area contributed by atoms with Gasteiger partial charge in [-0.1, -0.05) is 12.1 Å². The second kappa shape index (κ2) is 6.60. The smallest absolute Gasteiger partial charge is 0.217 e. The Balaban J connectivity index is 1.65. The van der Waals surface area contributed by atoms with E-state index in [2.05, 4.69) is 11.0 Å². The number of sulfonamides is 1. The molecule has 1 saturated carbocycles. The molecule has 0 aromatic heterocycles. The molecule has 2 fully saturated rings. The van der Waals surface area contributed by atoms with Crippen LogP contribution in [0.5, 0.6) is 0 Å². The molecule has 6 heteroatoms. The number of hydrogen-bond donors (Lipinski definition) is 0. The van der Waals surface area contributed by atoms with Crippen molar-refractivity contribution in [3.05, 3.63) is 35.4 Å². The molecule has 0 radical (unpaired) electrons. The monoisotopic (exact) mass is 333 g/mol. The van der Waals surface area contributed by atoms with Crippen LogP contribution < -0.4 is 0 Å². The van der Waals surface area contributed by atoms with Crippen molar-refractivity contribution in [2.45, 2.75) is 43.5 Å². The molecule has 0 amide bonds. The number of rotatable bonds is 5. The molecule has 1 aromatic carbocycles. The van der Waals surface area contributed by atoms with Crippen LogP contribution in [0, 0.1) is 11.3 Å². The van der Waals surface area contributed by atoms with Crippen LogP contribution in [0.25, 0.3) is 0 Å². The highest BCUT2D eigenvalue weighted by molar-refractivity contribution is 7.90. The summed E-state index contributed by atoms with van der Waals surface area (Å²) in [6.07, 6.45) is 3.55. The van der Waals surface area contributed by atoms with E-state index in [0.717, 1.165) is 50.9 Å². The lowest BCUT2D eigenvalue weighted by atomic mass is 10.0. The molecular formula is C17H23N3O2S. The fourth-order valence-corrected chi connectivity index (χ4v) is 5.07. The molecule has 124 valence electrons. The molecule has 1 aliphatic carbocycles. The third kappa shape index (κ3) is 3.74. The van der Waals surface area contributed by atoms with E-state index in [-0.39, 0.29) is 11.3 Å². The first-order valence-electron chi connectivity index (χ1n) is 8.19. The molecule has 1 saturated heterocycles. The van der Waals surface area contributed by atoms with E-state index in [9.17, 15) is 8.42 Å². The van der Waals surface area contributed by atoms with Gasteiger partial charge in [0, 0.05) is 26.2 Å². The molecule has 5 nitrogen and oxygen atoms in total. The van der Waals surface area contributed by atoms with Crippen LogP contribution in [-0.4, -0.2) is 49.1 Å². The van der Waals surface area contributed by atoms with E-state index in [4.69, 9.17) is 5.26 Å². The Morgan fingerprint density at radius 1 is 1.35 bits per heavy atom. The van der Waals surface area contributed by atoms with E-state index in [0.29, 0.717) is 5.56 Å². The van der Waals surface area contributed by atoms with Crippen molar-refractivity contribution in [1.82, 2.24) is 9.21 Å². The van der Waals surface area contributed by atoms with Gasteiger partial charge in [0.1, 0.15) is 0 Å². The van der Waals surface area contributed by atoms with Crippen LogP contribution in [0.3, 0.4) is 0 Å². The number of likely N-dealkylation sites (tertiary alicyclic amines) is 1. The van der Waals surface area contributed by atoms with Gasteiger partial charge in [-0.2, -0.15) is 5.26 Å². The van der Waals surface area contributed by atoms with Crippen molar-refractivity contribution < 1.29 is 8.42 Å². The van der Waals surface area contributed by atoms with Crippen LogP contribution in [-0.2, 0) is 16.6 Å². The summed E-state index contributed by atoms with van der Waals surface area (Å²) in [6.45, 7) is 2.51. The molecule has 0 N–H and O–H groups in total. The normalized spacial score (nSPS) is 22.9. The lowest BCUT2D eigenvalue weighted by Gasteiger charge is -2.37. The van der Waals surface area contributed by atoms with Gasteiger partial charge in [-0.05, 0) is 49.9 Å². The minimum absolute atomic E-state index is 0.0634. The van der Waals surface area contributed by atoms with Gasteiger partial charge in [-0.3, -0.25) is 4.90 Å². The Kier molecular flexibility index (Phi) is 4.72. The minimum atomic E-state index is -3.11. The van der Waals surface area contributed by atoms with Crippen molar-refractivity contribution in [2.75, 3.05) is 20.1 Å². The standard InChI is InChI=1S/C17H23N3O2S/c1-19(23(21,22)17-7-8-17)16-6-3-9-20(13-16)12-15-5-2-4-14(10-15)11-18/h2,4-5,10,16-17H,3,6-9,12-13H2,1H3. The third-order valence-corrected chi connectivity index (χ3v) is 7.22. The molecule has 2 aliphatic rings. The molecule has 1 aliphatic heterocycles. The van der Waals surface area contributed by atoms with Crippen LogP contribution >= 0.6 is 0 Å². The average Bonchev–Trinajstić information content (AvgIpc) is 3.40. The number of hydrogen-bond acceptors (Lipinski definition) is 4. The number of nitriles is 1. The fraction of sp³-hybridized carbons (Fsp3) is 0.588. The molecule has 3 rings (SSSR count). The minimum Gasteiger partial charge on any atom is -0.297 e. The number of nitrogens with zero attached hydrogens (tertiary/aromatic N) is 3. The molecule has 0 bridgehead atoms. The van der Waals surface area contributed by atoms with Gasteiger partial charge >= 0.3 is 0 Å². The SMILES string of the molecule is CN(C1CCCN(Cc2cccc(C#N)c2)C1)S(=O)(=O)C1CC1. The van der Waals surface area contributed by atoms with E-state index in [1.165, 1.54) is 0 Å². The predicted molar refractivity (Wildman–Crippen MR) is 89.2 cm³/mol. The van der Waals surface area contributed by atoms with Gasteiger partial charge < -0.3 is 0 Å². The zero-order valence-electron chi connectivity index (χ0n) is 13.5. The molecule has 1 atom stereocenters. The zero-order valence-corrected chi connectivity index (χ0v) is 14.3. The van der Waals surface area contributed by atoms with Crippen molar-refractivity contribution in [3.8, 4) is 6.07 Å². The Morgan fingerprint density at radius 2 is 2.13 bits per heavy atom. The van der Waals surface area contributed by atoms with E-state index in [1.54, 1.807) is 17.4 Å². The Hall–Kier alpha value is -1.42. The summed E-state index contributed by atoms with van der Waals surface area (Å²) in [6, 6.07) is 9.87. The van der Waals surface area contributed by atoms with Crippen molar-refractivity contribution >= 4 is 10.0 Å². The number of likely N-dealkylation sites (N-methyl/N-ethyl adjacent to an activating group) is 1. The fourth-order valence-electron chi connectivity index (χ4n) is 3.28. The predicted octanol–water partition coefficient (Wildman–Crippen LogP) is 1.95. The van der Waals surface area contributed by atoms with Gasteiger partial charge in [0.15, 0.2) is 0 Å². The zero-order chi connectivity index (χ0) is 16.4. The quantitative estimate of drug-likeness (QED) is 0.826. The van der Waals surface area contributed by atoms with Crippen molar-refractivity contribution in [1.29, 1.82) is 5.26 Å². The second-order valence-corrected chi connectivity index (χ2v) is 8.88. The molecular weight excluding hydrogens is 310 g/mol. The first kappa shape index (κ1) is 16.4. The maximum atomic E-state index is 12.4. The van der Waals surface area contributed by atoms with E-state index >= 15 is 0 Å². The molecule has 1 aromatic rings. The van der Waals surface area contributed by atoms with Gasteiger partial charge in [0.25, 0.3) is 0 Å². The highest BCUT2D eigenvalue weighted by atomic mass is 32.2. The molecule has 0 spiro atoms. The van der Waals surface area contributed by atoms with Crippen molar-refractivity contribution in [2.24, 2.45) is 0 Å². The summed E-state index contributed by atoms with van der Waals surface area (Å²) >= 11 is 0. The van der Waals surface area contributed by atoms with E-state index < -0.39 is 10.0 Å². The topological polar surface area (TPSA) is 64.4 Å². The second-order valence-electron chi connectivity index (χ2n) is 6.60. The lowest BCUT2D eigenvalue weighted by Crippen LogP contribution is -2.49. The Morgan fingerprint density at radius 3 is 2.83 bits per heavy atom. The number of piperidine rings is 1. The van der Waals surface area contributed by atoms with Crippen LogP contribution in [0.15, 0.2) is 24.3 Å². The van der Waals surface area contributed by atoms with Crippen molar-refractivity contribution in [3.63, 3.8) is 0 Å². The highest BCUT2D eigenvalue weighted by Gasteiger charge is 2.41. The summed E-state index contributed by atoms with van der Waals surface area (Å²) in [4.78, 5) is 2.30. The first-order chi connectivity index (χ1) is 11.0. The van der Waals surface area contributed by atoms with Gasteiger partial charge in [-0.25, -0.2) is 12.7 Å². The number of benzene rings is 1. The van der Waals surface area contributed by atoms with E-state index in [1.807, 2.05) is 18.2 Å². The van der Waals surface area contributed by atoms with Crippen LogP contribution in [0.4, 0.5) is 0 Å². The summed E-state index contributed by atoms with van der Waals surface area (Å²) in [7, 11) is -1.37. The molecule has 1 heterocycles. The average molecular weight is 333 g/mol. The largest absolute Gasteiger partial charge is 0.297 e. The van der Waals surface area contributed by atoms with Crippen LogP contribution in [0.2, 0.25) is 0 Å². The lowest BCUT2D eigenvalue weighted by molar-refractivity contribution is 0.153. The molecule has 1 unspecified atom stereocenters. The summed E-state index contributed by atoms with van der Waals surface area (Å²) in [5.41, 5.74) is 1.78. The van der Waals surface area contributed by atoms with Gasteiger partial charge in [0.05, 0.1) is 16.9 Å². The Bertz CT molecular complexity index is 707. The maximum absolute atomic E-state index is 12.4. The summed E-state index contributed by atoms with van der Waals surface area (Å²) < 4.78 is 26.4. The Labute approximate surface area is 138 Å².